The fraction of sp³-hybridized carbons (Fsp3) is 0.476. The lowest BCUT2D eigenvalue weighted by atomic mass is 9.71. The van der Waals surface area contributed by atoms with Gasteiger partial charge in [0.2, 0.25) is 0 Å². The Balaban J connectivity index is 1.86. The molecular weight excluding hydrogens is 316 g/mol. The predicted octanol–water partition coefficient (Wildman–Crippen LogP) is 3.97. The molecule has 0 spiro atoms. The number of aryl methyl sites for hydroxylation is 1. The van der Waals surface area contributed by atoms with E-state index in [2.05, 4.69) is 31.7 Å². The van der Waals surface area contributed by atoms with Gasteiger partial charge in [-0.05, 0) is 49.3 Å². The summed E-state index contributed by atoms with van der Waals surface area (Å²) < 4.78 is 17.2. The largest absolute Gasteiger partial charge is 0.496 e. The quantitative estimate of drug-likeness (QED) is 0.734. The monoisotopic (exact) mass is 342 g/mol. The SMILES string of the molecule is C=CC[C@H]1C[C@]2([C@@H](C)Cc3ccc(C)c(OC)c3)OCOC2=CC1=O. The normalized spacial score (nSPS) is 26.4. The first-order valence-electron chi connectivity index (χ1n) is 8.77. The Labute approximate surface area is 149 Å². The van der Waals surface area contributed by atoms with Crippen LogP contribution >= 0.6 is 0 Å². The van der Waals surface area contributed by atoms with Crippen molar-refractivity contribution in [3.05, 3.63) is 53.8 Å². The molecule has 1 aliphatic heterocycles. The van der Waals surface area contributed by atoms with Gasteiger partial charge in [-0.1, -0.05) is 25.1 Å². The smallest absolute Gasteiger partial charge is 0.189 e. The van der Waals surface area contributed by atoms with E-state index in [1.165, 1.54) is 5.56 Å². The van der Waals surface area contributed by atoms with E-state index in [0.29, 0.717) is 18.6 Å². The Morgan fingerprint density at radius 1 is 1.48 bits per heavy atom. The summed E-state index contributed by atoms with van der Waals surface area (Å²) in [5.74, 6) is 1.78. The van der Waals surface area contributed by atoms with Crippen molar-refractivity contribution in [2.45, 2.75) is 38.7 Å². The van der Waals surface area contributed by atoms with Crippen LogP contribution in [0.25, 0.3) is 0 Å². The van der Waals surface area contributed by atoms with E-state index in [9.17, 15) is 4.79 Å². The Morgan fingerprint density at radius 3 is 3.00 bits per heavy atom. The van der Waals surface area contributed by atoms with Crippen LogP contribution in [-0.4, -0.2) is 25.3 Å². The van der Waals surface area contributed by atoms with E-state index < -0.39 is 5.60 Å². The van der Waals surface area contributed by atoms with Crippen LogP contribution in [0.15, 0.2) is 42.7 Å². The molecule has 3 atom stereocenters. The fourth-order valence-electron chi connectivity index (χ4n) is 3.93. The number of hydrogen-bond acceptors (Lipinski definition) is 4. The van der Waals surface area contributed by atoms with Crippen LogP contribution in [-0.2, 0) is 20.7 Å². The van der Waals surface area contributed by atoms with Gasteiger partial charge in [-0.25, -0.2) is 0 Å². The van der Waals surface area contributed by atoms with Crippen LogP contribution in [0.4, 0.5) is 0 Å². The zero-order chi connectivity index (χ0) is 18.0. The second-order valence-corrected chi connectivity index (χ2v) is 7.04. The first-order valence-corrected chi connectivity index (χ1v) is 8.77. The van der Waals surface area contributed by atoms with Crippen molar-refractivity contribution < 1.29 is 19.0 Å². The lowest BCUT2D eigenvalue weighted by molar-refractivity contribution is -0.123. The molecule has 4 nitrogen and oxygen atoms in total. The summed E-state index contributed by atoms with van der Waals surface area (Å²) in [5.41, 5.74) is 1.78. The minimum Gasteiger partial charge on any atom is -0.496 e. The third kappa shape index (κ3) is 3.23. The summed E-state index contributed by atoms with van der Waals surface area (Å²) in [6.45, 7) is 8.18. The molecule has 1 heterocycles. The number of carbonyl (C=O) groups is 1. The molecule has 0 bridgehead atoms. The maximum Gasteiger partial charge on any atom is 0.189 e. The zero-order valence-corrected chi connectivity index (χ0v) is 15.2. The van der Waals surface area contributed by atoms with Gasteiger partial charge in [0.15, 0.2) is 12.6 Å². The summed E-state index contributed by atoms with van der Waals surface area (Å²) >= 11 is 0. The highest BCUT2D eigenvalue weighted by Gasteiger charge is 2.51. The molecule has 3 rings (SSSR count). The summed E-state index contributed by atoms with van der Waals surface area (Å²) in [4.78, 5) is 12.3. The van der Waals surface area contributed by atoms with Gasteiger partial charge in [0, 0.05) is 12.0 Å². The number of hydrogen-bond donors (Lipinski definition) is 0. The van der Waals surface area contributed by atoms with Gasteiger partial charge in [-0.3, -0.25) is 4.79 Å². The third-order valence-corrected chi connectivity index (χ3v) is 5.43. The third-order valence-electron chi connectivity index (χ3n) is 5.43. The predicted molar refractivity (Wildman–Crippen MR) is 96.4 cm³/mol. The van der Waals surface area contributed by atoms with Crippen molar-refractivity contribution in [3.8, 4) is 5.75 Å². The maximum absolute atomic E-state index is 12.3. The van der Waals surface area contributed by atoms with E-state index in [1.807, 2.05) is 6.92 Å². The van der Waals surface area contributed by atoms with E-state index >= 15 is 0 Å². The number of ketones is 1. The highest BCUT2D eigenvalue weighted by atomic mass is 16.7. The molecule has 1 aromatic carbocycles. The molecule has 1 aliphatic carbocycles. The van der Waals surface area contributed by atoms with Crippen LogP contribution < -0.4 is 4.74 Å². The Morgan fingerprint density at radius 2 is 2.28 bits per heavy atom. The highest BCUT2D eigenvalue weighted by molar-refractivity contribution is 5.93. The molecule has 1 fully saturated rings. The summed E-state index contributed by atoms with van der Waals surface area (Å²) in [5, 5.41) is 0. The Bertz CT molecular complexity index is 706. The summed E-state index contributed by atoms with van der Waals surface area (Å²) in [6, 6.07) is 6.28. The van der Waals surface area contributed by atoms with Crippen molar-refractivity contribution in [2.24, 2.45) is 11.8 Å². The number of carbonyl (C=O) groups excluding carboxylic acids is 1. The molecule has 0 saturated carbocycles. The van der Waals surface area contributed by atoms with Crippen LogP contribution in [0, 0.1) is 18.8 Å². The van der Waals surface area contributed by atoms with E-state index in [-0.39, 0.29) is 24.4 Å². The first kappa shape index (κ1) is 17.7. The van der Waals surface area contributed by atoms with Gasteiger partial charge in [0.1, 0.15) is 17.1 Å². The highest BCUT2D eigenvalue weighted by Crippen LogP contribution is 2.46. The molecule has 0 amide bonds. The molecule has 1 saturated heterocycles. The second kappa shape index (κ2) is 7.04. The molecule has 0 aromatic heterocycles. The van der Waals surface area contributed by atoms with Gasteiger partial charge in [-0.15, -0.1) is 6.58 Å². The number of ether oxygens (including phenoxy) is 3. The van der Waals surface area contributed by atoms with Crippen LogP contribution in [0.1, 0.15) is 30.9 Å². The van der Waals surface area contributed by atoms with Crippen LogP contribution in [0.2, 0.25) is 0 Å². The molecule has 0 radical (unpaired) electrons. The van der Waals surface area contributed by atoms with Crippen molar-refractivity contribution in [2.75, 3.05) is 13.9 Å². The van der Waals surface area contributed by atoms with E-state index in [0.717, 1.165) is 17.7 Å². The molecular formula is C21H26O4. The van der Waals surface area contributed by atoms with Crippen molar-refractivity contribution in [1.82, 2.24) is 0 Å². The van der Waals surface area contributed by atoms with Crippen molar-refractivity contribution in [3.63, 3.8) is 0 Å². The number of rotatable bonds is 6. The standard InChI is InChI=1S/C21H26O4/c1-5-6-17-12-21(20(11-18(17)22)24-13-25-21)15(3)9-16-8-7-14(2)19(10-16)23-4/h5,7-8,10-11,15,17H,1,6,9,12-13H2,2-4H3/t15-,17-,21+/m0/s1. The zero-order valence-electron chi connectivity index (χ0n) is 15.2. The second-order valence-electron chi connectivity index (χ2n) is 7.04. The van der Waals surface area contributed by atoms with Crippen molar-refractivity contribution in [1.29, 1.82) is 0 Å². The molecule has 2 aliphatic rings. The van der Waals surface area contributed by atoms with Crippen LogP contribution in [0.5, 0.6) is 5.75 Å². The number of fused-ring (bicyclic) bond motifs is 1. The first-order chi connectivity index (χ1) is 12.0. The van der Waals surface area contributed by atoms with Gasteiger partial charge >= 0.3 is 0 Å². The number of benzene rings is 1. The lowest BCUT2D eigenvalue weighted by Crippen LogP contribution is -2.44. The molecule has 1 aromatic rings. The summed E-state index contributed by atoms with van der Waals surface area (Å²) in [6.07, 6.45) is 5.58. The average Bonchev–Trinajstić information content (AvgIpc) is 3.01. The fourth-order valence-corrected chi connectivity index (χ4v) is 3.93. The Kier molecular flexibility index (Phi) is 5.00. The van der Waals surface area contributed by atoms with Gasteiger partial charge in [-0.2, -0.15) is 0 Å². The van der Waals surface area contributed by atoms with Gasteiger partial charge in [0.05, 0.1) is 7.11 Å². The minimum atomic E-state index is -0.528. The average molecular weight is 342 g/mol. The van der Waals surface area contributed by atoms with E-state index in [4.69, 9.17) is 14.2 Å². The molecule has 134 valence electrons. The van der Waals surface area contributed by atoms with Gasteiger partial charge in [0.25, 0.3) is 0 Å². The number of allylic oxidation sites excluding steroid dienone is 2. The molecule has 0 unspecified atom stereocenters. The number of methoxy groups -OCH3 is 1. The lowest BCUT2D eigenvalue weighted by Gasteiger charge is -2.38. The van der Waals surface area contributed by atoms with Crippen molar-refractivity contribution >= 4 is 5.78 Å². The van der Waals surface area contributed by atoms with E-state index in [1.54, 1.807) is 19.3 Å². The summed E-state index contributed by atoms with van der Waals surface area (Å²) in [7, 11) is 1.69. The molecule has 4 heteroatoms. The maximum atomic E-state index is 12.3. The van der Waals surface area contributed by atoms with Crippen LogP contribution in [0.3, 0.4) is 0 Å². The van der Waals surface area contributed by atoms with Gasteiger partial charge < -0.3 is 14.2 Å². The minimum absolute atomic E-state index is 0.0852. The molecule has 25 heavy (non-hydrogen) atoms. The molecule has 0 N–H and O–H groups in total. The Hall–Kier alpha value is -2.07. The topological polar surface area (TPSA) is 44.8 Å².